The number of carbonyl (C=O) groups is 1. The molecule has 4 nitrogen and oxygen atoms in total. The highest BCUT2D eigenvalue weighted by molar-refractivity contribution is 5.87. The third-order valence-electron chi connectivity index (χ3n) is 6.33. The molecule has 0 aromatic heterocycles. The first-order valence-electron chi connectivity index (χ1n) is 10.5. The van der Waals surface area contributed by atoms with Crippen molar-refractivity contribution in [1.29, 1.82) is 0 Å². The van der Waals surface area contributed by atoms with Gasteiger partial charge in [-0.3, -0.25) is 0 Å². The number of rotatable bonds is 8. The summed E-state index contributed by atoms with van der Waals surface area (Å²) in [4.78, 5) is 10.9. The van der Waals surface area contributed by atoms with Gasteiger partial charge in [0.15, 0.2) is 0 Å². The SMILES string of the molecule is O=C(O)c1ccc(CNC2CCC(CN[C@@H]3C[C@H]3c3ccccc3)CC2)cc1. The molecule has 2 saturated carbocycles. The van der Waals surface area contributed by atoms with Crippen molar-refractivity contribution in [3.05, 3.63) is 71.3 Å². The Balaban J connectivity index is 1.13. The van der Waals surface area contributed by atoms with E-state index in [1.165, 1.54) is 37.7 Å². The van der Waals surface area contributed by atoms with Crippen molar-refractivity contribution in [3.63, 3.8) is 0 Å². The van der Waals surface area contributed by atoms with Gasteiger partial charge in [0, 0.05) is 24.5 Å². The fourth-order valence-electron chi connectivity index (χ4n) is 4.41. The number of nitrogens with one attached hydrogen (secondary N) is 2. The Morgan fingerprint density at radius 2 is 1.64 bits per heavy atom. The summed E-state index contributed by atoms with van der Waals surface area (Å²) < 4.78 is 0. The summed E-state index contributed by atoms with van der Waals surface area (Å²) in [6.07, 6.45) is 6.30. The van der Waals surface area contributed by atoms with Gasteiger partial charge in [-0.15, -0.1) is 0 Å². The van der Waals surface area contributed by atoms with Gasteiger partial charge in [0.1, 0.15) is 0 Å². The zero-order valence-corrected chi connectivity index (χ0v) is 16.3. The Morgan fingerprint density at radius 1 is 0.929 bits per heavy atom. The van der Waals surface area contributed by atoms with Crippen LogP contribution < -0.4 is 10.6 Å². The first-order chi connectivity index (χ1) is 13.7. The highest BCUT2D eigenvalue weighted by Crippen LogP contribution is 2.40. The molecule has 0 aliphatic heterocycles. The van der Waals surface area contributed by atoms with Crippen LogP contribution in [0, 0.1) is 5.92 Å². The van der Waals surface area contributed by atoms with E-state index in [9.17, 15) is 4.79 Å². The average Bonchev–Trinajstić information content (AvgIpc) is 3.52. The van der Waals surface area contributed by atoms with Crippen molar-refractivity contribution in [2.45, 2.75) is 56.7 Å². The van der Waals surface area contributed by atoms with E-state index in [0.29, 0.717) is 23.6 Å². The second-order valence-electron chi connectivity index (χ2n) is 8.37. The second-order valence-corrected chi connectivity index (χ2v) is 8.37. The Morgan fingerprint density at radius 3 is 2.32 bits per heavy atom. The van der Waals surface area contributed by atoms with Gasteiger partial charge in [0.25, 0.3) is 0 Å². The number of aromatic carboxylic acids is 1. The predicted molar refractivity (Wildman–Crippen MR) is 112 cm³/mol. The van der Waals surface area contributed by atoms with Gasteiger partial charge in [0.05, 0.1) is 5.56 Å². The maximum Gasteiger partial charge on any atom is 0.335 e. The van der Waals surface area contributed by atoms with E-state index in [0.717, 1.165) is 24.6 Å². The smallest absolute Gasteiger partial charge is 0.335 e. The van der Waals surface area contributed by atoms with Crippen LogP contribution in [0.3, 0.4) is 0 Å². The molecule has 2 atom stereocenters. The first kappa shape index (κ1) is 19.2. The average molecular weight is 379 g/mol. The maximum atomic E-state index is 10.9. The summed E-state index contributed by atoms with van der Waals surface area (Å²) in [6.45, 7) is 1.96. The fraction of sp³-hybridized carbons (Fsp3) is 0.458. The lowest BCUT2D eigenvalue weighted by Crippen LogP contribution is -2.36. The zero-order valence-electron chi connectivity index (χ0n) is 16.3. The Kier molecular flexibility index (Phi) is 6.08. The van der Waals surface area contributed by atoms with Crippen LogP contribution in [0.2, 0.25) is 0 Å². The molecule has 0 radical (unpaired) electrons. The molecule has 0 unspecified atom stereocenters. The van der Waals surface area contributed by atoms with Gasteiger partial charge < -0.3 is 15.7 Å². The van der Waals surface area contributed by atoms with E-state index in [4.69, 9.17) is 5.11 Å². The molecule has 2 fully saturated rings. The van der Waals surface area contributed by atoms with Crippen molar-refractivity contribution in [3.8, 4) is 0 Å². The topological polar surface area (TPSA) is 61.4 Å². The van der Waals surface area contributed by atoms with E-state index in [1.807, 2.05) is 12.1 Å². The Labute approximate surface area is 167 Å². The van der Waals surface area contributed by atoms with Crippen LogP contribution in [0.5, 0.6) is 0 Å². The molecule has 3 N–H and O–H groups in total. The van der Waals surface area contributed by atoms with Gasteiger partial charge in [-0.1, -0.05) is 42.5 Å². The second kappa shape index (κ2) is 8.89. The number of hydrogen-bond acceptors (Lipinski definition) is 3. The number of carboxylic acid groups (broad SMARTS) is 1. The number of carboxylic acids is 1. The minimum absolute atomic E-state index is 0.349. The van der Waals surface area contributed by atoms with E-state index < -0.39 is 5.97 Å². The largest absolute Gasteiger partial charge is 0.478 e. The Hall–Kier alpha value is -2.17. The summed E-state index contributed by atoms with van der Waals surface area (Å²) >= 11 is 0. The van der Waals surface area contributed by atoms with Crippen LogP contribution in [0.1, 0.15) is 59.5 Å². The molecule has 0 heterocycles. The highest BCUT2D eigenvalue weighted by atomic mass is 16.4. The third-order valence-corrected chi connectivity index (χ3v) is 6.33. The molecule has 2 aliphatic carbocycles. The van der Waals surface area contributed by atoms with Crippen LogP contribution in [0.15, 0.2) is 54.6 Å². The molecule has 2 aromatic carbocycles. The monoisotopic (exact) mass is 378 g/mol. The lowest BCUT2D eigenvalue weighted by molar-refractivity contribution is 0.0697. The van der Waals surface area contributed by atoms with E-state index in [-0.39, 0.29) is 0 Å². The van der Waals surface area contributed by atoms with Crippen molar-refractivity contribution in [1.82, 2.24) is 10.6 Å². The van der Waals surface area contributed by atoms with Gasteiger partial charge in [0.2, 0.25) is 0 Å². The summed E-state index contributed by atoms with van der Waals surface area (Å²) in [5.41, 5.74) is 2.97. The lowest BCUT2D eigenvalue weighted by atomic mass is 9.86. The number of hydrogen-bond donors (Lipinski definition) is 3. The molecule has 2 aromatic rings. The van der Waals surface area contributed by atoms with Crippen molar-refractivity contribution < 1.29 is 9.90 Å². The molecule has 4 rings (SSSR count). The van der Waals surface area contributed by atoms with Gasteiger partial charge >= 0.3 is 5.97 Å². The van der Waals surface area contributed by atoms with Gasteiger partial charge in [-0.05, 0) is 67.8 Å². The van der Waals surface area contributed by atoms with E-state index in [1.54, 1.807) is 12.1 Å². The van der Waals surface area contributed by atoms with Crippen molar-refractivity contribution in [2.24, 2.45) is 5.92 Å². The molecular weight excluding hydrogens is 348 g/mol. The standard InChI is InChI=1S/C24H30N2O2/c27-24(28)20-10-6-17(7-11-20)15-25-21-12-8-18(9-13-21)16-26-23-14-22(23)19-4-2-1-3-5-19/h1-7,10-11,18,21-23,25-26H,8-9,12-16H2,(H,27,28)/t18?,21?,22-,23+/m0/s1. The van der Waals surface area contributed by atoms with Crippen molar-refractivity contribution in [2.75, 3.05) is 6.54 Å². The van der Waals surface area contributed by atoms with Crippen LogP contribution in [-0.4, -0.2) is 29.7 Å². The molecule has 0 amide bonds. The predicted octanol–water partition coefficient (Wildman–Crippen LogP) is 4.18. The molecule has 4 heteroatoms. The normalized spacial score (nSPS) is 26.7. The molecule has 148 valence electrons. The summed E-state index contributed by atoms with van der Waals surface area (Å²) in [5.74, 6) is 0.643. The number of benzene rings is 2. The fourth-order valence-corrected chi connectivity index (χ4v) is 4.41. The van der Waals surface area contributed by atoms with Crippen LogP contribution in [0.25, 0.3) is 0 Å². The van der Waals surface area contributed by atoms with E-state index >= 15 is 0 Å². The molecular formula is C24H30N2O2. The quantitative estimate of drug-likeness (QED) is 0.645. The summed E-state index contributed by atoms with van der Waals surface area (Å²) in [7, 11) is 0. The van der Waals surface area contributed by atoms with Crippen LogP contribution in [-0.2, 0) is 6.54 Å². The Bertz CT molecular complexity index is 767. The molecule has 2 aliphatic rings. The maximum absolute atomic E-state index is 10.9. The van der Waals surface area contributed by atoms with Gasteiger partial charge in [-0.2, -0.15) is 0 Å². The lowest BCUT2D eigenvalue weighted by Gasteiger charge is -2.29. The zero-order chi connectivity index (χ0) is 19.3. The summed E-state index contributed by atoms with van der Waals surface area (Å²) in [6, 6.07) is 19.3. The van der Waals surface area contributed by atoms with E-state index in [2.05, 4.69) is 41.0 Å². The van der Waals surface area contributed by atoms with Gasteiger partial charge in [-0.25, -0.2) is 4.79 Å². The molecule has 0 spiro atoms. The van der Waals surface area contributed by atoms with Crippen LogP contribution in [0.4, 0.5) is 0 Å². The summed E-state index contributed by atoms with van der Waals surface area (Å²) in [5, 5.41) is 16.4. The molecule has 0 saturated heterocycles. The minimum Gasteiger partial charge on any atom is -0.478 e. The molecule has 0 bridgehead atoms. The minimum atomic E-state index is -0.868. The highest BCUT2D eigenvalue weighted by Gasteiger charge is 2.38. The van der Waals surface area contributed by atoms with Crippen LogP contribution >= 0.6 is 0 Å². The first-order valence-corrected chi connectivity index (χ1v) is 10.5. The third kappa shape index (κ3) is 5.00. The molecule has 28 heavy (non-hydrogen) atoms. The van der Waals surface area contributed by atoms with Crippen molar-refractivity contribution >= 4 is 5.97 Å².